The van der Waals surface area contributed by atoms with Crippen molar-refractivity contribution in [3.63, 3.8) is 0 Å². The fourth-order valence-corrected chi connectivity index (χ4v) is 4.85. The van der Waals surface area contributed by atoms with E-state index in [9.17, 15) is 4.79 Å². The molecule has 0 radical (unpaired) electrons. The minimum absolute atomic E-state index is 0.266. The first kappa shape index (κ1) is 18.4. The number of nitrogens with zero attached hydrogens (tertiary/aromatic N) is 3. The van der Waals surface area contributed by atoms with Crippen LogP contribution in [-0.4, -0.2) is 47.0 Å². The summed E-state index contributed by atoms with van der Waals surface area (Å²) in [4.78, 5) is 21.8. The van der Waals surface area contributed by atoms with E-state index >= 15 is 0 Å². The number of fused-ring (bicyclic) bond motifs is 1. The molecule has 3 heterocycles. The Morgan fingerprint density at radius 1 is 1.07 bits per heavy atom. The van der Waals surface area contributed by atoms with E-state index in [-0.39, 0.29) is 5.91 Å². The van der Waals surface area contributed by atoms with Crippen LogP contribution in [0.15, 0.2) is 52.9 Å². The number of hydrogen-bond donors (Lipinski definition) is 0. The van der Waals surface area contributed by atoms with Crippen LogP contribution in [0, 0.1) is 6.92 Å². The number of oxazole rings is 1. The van der Waals surface area contributed by atoms with Crippen LogP contribution in [0.5, 0.6) is 0 Å². The number of piperidine rings is 1. The van der Waals surface area contributed by atoms with Crippen LogP contribution in [0.2, 0.25) is 0 Å². The molecule has 150 valence electrons. The molecule has 2 aliphatic rings. The lowest BCUT2D eigenvalue weighted by Crippen LogP contribution is -2.43. The van der Waals surface area contributed by atoms with Gasteiger partial charge in [0.15, 0.2) is 11.5 Å². The van der Waals surface area contributed by atoms with Crippen LogP contribution in [0.25, 0.3) is 11.1 Å². The first-order chi connectivity index (χ1) is 14.2. The largest absolute Gasteiger partial charge is 0.440 e. The molecule has 0 unspecified atom stereocenters. The van der Waals surface area contributed by atoms with Gasteiger partial charge in [-0.15, -0.1) is 0 Å². The van der Waals surface area contributed by atoms with Gasteiger partial charge in [0.25, 0.3) is 0 Å². The van der Waals surface area contributed by atoms with E-state index in [4.69, 9.17) is 9.40 Å². The summed E-state index contributed by atoms with van der Waals surface area (Å²) in [7, 11) is 0. The van der Waals surface area contributed by atoms with Gasteiger partial charge in [-0.2, -0.15) is 0 Å². The molecule has 0 spiro atoms. The van der Waals surface area contributed by atoms with Crippen LogP contribution in [-0.2, 0) is 4.79 Å². The highest BCUT2D eigenvalue weighted by atomic mass is 16.3. The zero-order valence-corrected chi connectivity index (χ0v) is 16.9. The lowest BCUT2D eigenvalue weighted by molar-refractivity contribution is -0.129. The second-order valence-corrected chi connectivity index (χ2v) is 8.45. The molecule has 1 aromatic heterocycles. The van der Waals surface area contributed by atoms with Gasteiger partial charge in [0, 0.05) is 31.3 Å². The van der Waals surface area contributed by atoms with Crippen molar-refractivity contribution in [3.05, 3.63) is 65.5 Å². The molecule has 0 saturated carbocycles. The Morgan fingerprint density at radius 3 is 2.76 bits per heavy atom. The average molecular weight is 389 g/mol. The van der Waals surface area contributed by atoms with Gasteiger partial charge in [0.05, 0.1) is 6.67 Å². The number of likely N-dealkylation sites (tertiary alicyclic amines) is 2. The molecular formula is C24H27N3O2. The fraction of sp³-hybridized carbons (Fsp3) is 0.417. The van der Waals surface area contributed by atoms with E-state index in [0.29, 0.717) is 24.9 Å². The molecule has 5 heteroatoms. The van der Waals surface area contributed by atoms with Crippen molar-refractivity contribution in [3.8, 4) is 0 Å². The third-order valence-corrected chi connectivity index (χ3v) is 6.38. The highest BCUT2D eigenvalue weighted by Crippen LogP contribution is 2.32. The van der Waals surface area contributed by atoms with Crippen molar-refractivity contribution in [1.82, 2.24) is 14.8 Å². The molecule has 2 aliphatic heterocycles. The van der Waals surface area contributed by atoms with Crippen LogP contribution >= 0.6 is 0 Å². The number of carbonyl (C=O) groups excluding carboxylic acids is 1. The van der Waals surface area contributed by atoms with E-state index in [1.54, 1.807) is 0 Å². The van der Waals surface area contributed by atoms with Gasteiger partial charge in [-0.05, 0) is 49.6 Å². The highest BCUT2D eigenvalue weighted by molar-refractivity contribution is 5.79. The van der Waals surface area contributed by atoms with Crippen molar-refractivity contribution in [2.24, 2.45) is 0 Å². The van der Waals surface area contributed by atoms with E-state index in [1.165, 1.54) is 11.1 Å². The lowest BCUT2D eigenvalue weighted by Gasteiger charge is -2.34. The quantitative estimate of drug-likeness (QED) is 0.668. The third-order valence-electron chi connectivity index (χ3n) is 6.38. The molecule has 5 rings (SSSR count). The second-order valence-electron chi connectivity index (χ2n) is 8.45. The molecule has 1 amide bonds. The van der Waals surface area contributed by atoms with Gasteiger partial charge >= 0.3 is 0 Å². The van der Waals surface area contributed by atoms with Gasteiger partial charge in [0.2, 0.25) is 5.91 Å². The first-order valence-corrected chi connectivity index (χ1v) is 10.6. The summed E-state index contributed by atoms with van der Waals surface area (Å²) in [5, 5.41) is 0. The Hall–Kier alpha value is -2.66. The molecular weight excluding hydrogens is 362 g/mol. The van der Waals surface area contributed by atoms with Crippen molar-refractivity contribution in [2.45, 2.75) is 38.0 Å². The molecule has 3 aromatic rings. The summed E-state index contributed by atoms with van der Waals surface area (Å²) >= 11 is 0. The van der Waals surface area contributed by atoms with Gasteiger partial charge in [-0.3, -0.25) is 9.69 Å². The number of rotatable bonds is 4. The summed E-state index contributed by atoms with van der Waals surface area (Å²) in [5.74, 6) is 1.70. The van der Waals surface area contributed by atoms with Crippen LogP contribution < -0.4 is 0 Å². The molecule has 29 heavy (non-hydrogen) atoms. The summed E-state index contributed by atoms with van der Waals surface area (Å²) in [5.41, 5.74) is 4.37. The fourth-order valence-electron chi connectivity index (χ4n) is 4.85. The summed E-state index contributed by atoms with van der Waals surface area (Å²) in [6, 6.07) is 16.4. The number of benzene rings is 2. The molecule has 0 N–H and O–H groups in total. The van der Waals surface area contributed by atoms with Gasteiger partial charge in [-0.25, -0.2) is 4.98 Å². The number of para-hydroxylation sites is 2. The maximum absolute atomic E-state index is 12.7. The minimum atomic E-state index is 0.266. The number of aromatic nitrogens is 1. The second kappa shape index (κ2) is 7.64. The smallest absolute Gasteiger partial charge is 0.224 e. The van der Waals surface area contributed by atoms with Crippen molar-refractivity contribution < 1.29 is 9.21 Å². The van der Waals surface area contributed by atoms with Crippen LogP contribution in [0.3, 0.4) is 0 Å². The number of amides is 1. The number of aryl methyl sites for hydroxylation is 1. The van der Waals surface area contributed by atoms with Crippen molar-refractivity contribution in [1.29, 1.82) is 0 Å². The Morgan fingerprint density at radius 2 is 1.90 bits per heavy atom. The summed E-state index contributed by atoms with van der Waals surface area (Å²) < 4.78 is 6.02. The highest BCUT2D eigenvalue weighted by Gasteiger charge is 2.34. The summed E-state index contributed by atoms with van der Waals surface area (Å²) in [6.07, 6.45) is 2.81. The molecule has 2 fully saturated rings. The average Bonchev–Trinajstić information content (AvgIpc) is 3.32. The Bertz CT molecular complexity index is 995. The standard InChI is InChI=1S/C24H27N3O2/c1-17-7-2-3-9-20(17)19-13-23(28)27(15-19)16-26-12-6-8-18(14-26)24-25-21-10-4-5-11-22(21)29-24/h2-5,7,9-11,18-19H,6,8,12-16H2,1H3/t18-,19-/m0/s1. The Kier molecular flexibility index (Phi) is 4.84. The minimum Gasteiger partial charge on any atom is -0.440 e. The molecule has 0 aliphatic carbocycles. The topological polar surface area (TPSA) is 49.6 Å². The lowest BCUT2D eigenvalue weighted by atomic mass is 9.94. The normalized spacial score (nSPS) is 23.2. The van der Waals surface area contributed by atoms with Gasteiger partial charge < -0.3 is 9.32 Å². The predicted octanol–water partition coefficient (Wildman–Crippen LogP) is 4.29. The van der Waals surface area contributed by atoms with Crippen LogP contribution in [0.4, 0.5) is 0 Å². The number of carbonyl (C=O) groups is 1. The van der Waals surface area contributed by atoms with E-state index < -0.39 is 0 Å². The van der Waals surface area contributed by atoms with E-state index in [2.05, 4.69) is 36.1 Å². The van der Waals surface area contributed by atoms with E-state index in [0.717, 1.165) is 49.5 Å². The molecule has 2 atom stereocenters. The zero-order valence-electron chi connectivity index (χ0n) is 16.9. The molecule has 0 bridgehead atoms. The van der Waals surface area contributed by atoms with E-state index in [1.807, 2.05) is 29.2 Å². The first-order valence-electron chi connectivity index (χ1n) is 10.6. The van der Waals surface area contributed by atoms with Crippen molar-refractivity contribution in [2.75, 3.05) is 26.3 Å². The summed E-state index contributed by atoms with van der Waals surface area (Å²) in [6.45, 7) is 5.57. The Labute approximate surface area is 171 Å². The van der Waals surface area contributed by atoms with Crippen LogP contribution in [0.1, 0.15) is 48.1 Å². The molecule has 5 nitrogen and oxygen atoms in total. The maximum atomic E-state index is 12.7. The Balaban J connectivity index is 1.26. The molecule has 2 aromatic carbocycles. The third kappa shape index (κ3) is 3.67. The van der Waals surface area contributed by atoms with Gasteiger partial charge in [0.1, 0.15) is 5.52 Å². The maximum Gasteiger partial charge on any atom is 0.224 e. The monoisotopic (exact) mass is 389 g/mol. The zero-order chi connectivity index (χ0) is 19.8. The molecule has 2 saturated heterocycles. The van der Waals surface area contributed by atoms with Crippen molar-refractivity contribution >= 4 is 17.0 Å². The SMILES string of the molecule is Cc1ccccc1[C@H]1CC(=O)N(CN2CCC[C@H](c3nc4ccccc4o3)C2)C1. The van der Waals surface area contributed by atoms with Gasteiger partial charge in [-0.1, -0.05) is 36.4 Å². The predicted molar refractivity (Wildman–Crippen MR) is 113 cm³/mol. The number of hydrogen-bond acceptors (Lipinski definition) is 4.